The average molecular weight is 333 g/mol. The standard InChI is InChI=1S/C16H19N3O3S/c20-14(9-18-11-23-10-16(18)22)17-8-12-3-5-13(6-4-12)19-7-1-2-15(19)21/h3-6H,1-2,7-11H2,(H,17,20). The van der Waals surface area contributed by atoms with Crippen LogP contribution in [0.2, 0.25) is 0 Å². The number of nitrogens with one attached hydrogen (secondary N) is 1. The van der Waals surface area contributed by atoms with Crippen molar-refractivity contribution in [1.82, 2.24) is 10.2 Å². The molecule has 0 bridgehead atoms. The summed E-state index contributed by atoms with van der Waals surface area (Å²) in [4.78, 5) is 38.4. The number of hydrogen-bond donors (Lipinski definition) is 1. The number of anilines is 1. The zero-order chi connectivity index (χ0) is 16.2. The van der Waals surface area contributed by atoms with Crippen LogP contribution in [0.25, 0.3) is 0 Å². The first-order valence-electron chi connectivity index (χ1n) is 7.65. The first-order chi connectivity index (χ1) is 11.1. The van der Waals surface area contributed by atoms with Crippen LogP contribution in [0.4, 0.5) is 5.69 Å². The van der Waals surface area contributed by atoms with Crippen molar-refractivity contribution < 1.29 is 14.4 Å². The van der Waals surface area contributed by atoms with Gasteiger partial charge in [-0.3, -0.25) is 14.4 Å². The molecule has 2 heterocycles. The molecule has 23 heavy (non-hydrogen) atoms. The second kappa shape index (κ2) is 7.04. The van der Waals surface area contributed by atoms with Gasteiger partial charge in [-0.15, -0.1) is 11.8 Å². The first kappa shape index (κ1) is 15.9. The molecular formula is C16H19N3O3S. The molecule has 2 fully saturated rings. The molecule has 6 nitrogen and oxygen atoms in total. The highest BCUT2D eigenvalue weighted by atomic mass is 32.2. The van der Waals surface area contributed by atoms with E-state index in [0.29, 0.717) is 24.6 Å². The maximum atomic E-state index is 11.9. The van der Waals surface area contributed by atoms with Crippen molar-refractivity contribution in [3.63, 3.8) is 0 Å². The van der Waals surface area contributed by atoms with E-state index in [2.05, 4.69) is 5.32 Å². The Kier molecular flexibility index (Phi) is 4.85. The van der Waals surface area contributed by atoms with Gasteiger partial charge in [0.25, 0.3) is 0 Å². The van der Waals surface area contributed by atoms with Gasteiger partial charge in [0.15, 0.2) is 0 Å². The highest BCUT2D eigenvalue weighted by Crippen LogP contribution is 2.21. The minimum Gasteiger partial charge on any atom is -0.350 e. The van der Waals surface area contributed by atoms with Crippen LogP contribution in [0, 0.1) is 0 Å². The fraction of sp³-hybridized carbons (Fsp3) is 0.438. The number of amides is 3. The van der Waals surface area contributed by atoms with Gasteiger partial charge < -0.3 is 15.1 Å². The first-order valence-corrected chi connectivity index (χ1v) is 8.80. The molecule has 2 aliphatic heterocycles. The molecule has 2 aliphatic rings. The highest BCUT2D eigenvalue weighted by Gasteiger charge is 2.23. The van der Waals surface area contributed by atoms with Crippen LogP contribution in [-0.2, 0) is 20.9 Å². The molecule has 0 spiro atoms. The second-order valence-electron chi connectivity index (χ2n) is 5.66. The summed E-state index contributed by atoms with van der Waals surface area (Å²) in [6.45, 7) is 1.31. The second-order valence-corrected chi connectivity index (χ2v) is 6.62. The van der Waals surface area contributed by atoms with Crippen LogP contribution >= 0.6 is 11.8 Å². The van der Waals surface area contributed by atoms with Crippen LogP contribution in [0.5, 0.6) is 0 Å². The summed E-state index contributed by atoms with van der Waals surface area (Å²) in [5.74, 6) is 1.08. The number of carbonyl (C=O) groups excluding carboxylic acids is 3. The monoisotopic (exact) mass is 333 g/mol. The lowest BCUT2D eigenvalue weighted by Crippen LogP contribution is -2.37. The molecule has 0 aromatic heterocycles. The molecule has 0 aliphatic carbocycles. The number of nitrogens with zero attached hydrogens (tertiary/aromatic N) is 2. The van der Waals surface area contributed by atoms with Gasteiger partial charge >= 0.3 is 0 Å². The third-order valence-electron chi connectivity index (χ3n) is 3.97. The van der Waals surface area contributed by atoms with E-state index in [1.165, 1.54) is 11.8 Å². The van der Waals surface area contributed by atoms with E-state index in [9.17, 15) is 14.4 Å². The number of thioether (sulfide) groups is 1. The molecular weight excluding hydrogens is 314 g/mol. The van der Waals surface area contributed by atoms with Crippen LogP contribution in [0.1, 0.15) is 18.4 Å². The fourth-order valence-corrected chi connectivity index (χ4v) is 3.59. The van der Waals surface area contributed by atoms with Crippen LogP contribution in [0.3, 0.4) is 0 Å². The van der Waals surface area contributed by atoms with Gasteiger partial charge in [0.1, 0.15) is 6.54 Å². The van der Waals surface area contributed by atoms with Crippen molar-refractivity contribution >= 4 is 35.2 Å². The number of rotatable bonds is 5. The summed E-state index contributed by atoms with van der Waals surface area (Å²) in [5.41, 5.74) is 1.87. The van der Waals surface area contributed by atoms with E-state index in [4.69, 9.17) is 0 Å². The topological polar surface area (TPSA) is 69.7 Å². The smallest absolute Gasteiger partial charge is 0.239 e. The molecule has 7 heteroatoms. The van der Waals surface area contributed by atoms with Crippen molar-refractivity contribution in [2.24, 2.45) is 0 Å². The Morgan fingerprint density at radius 1 is 1.17 bits per heavy atom. The molecule has 3 amide bonds. The fourth-order valence-electron chi connectivity index (χ4n) is 2.69. The van der Waals surface area contributed by atoms with Crippen molar-refractivity contribution in [3.05, 3.63) is 29.8 Å². The quantitative estimate of drug-likeness (QED) is 0.871. The van der Waals surface area contributed by atoms with Gasteiger partial charge in [0.05, 0.1) is 11.6 Å². The van der Waals surface area contributed by atoms with Gasteiger partial charge in [-0.2, -0.15) is 0 Å². The molecule has 0 saturated carbocycles. The van der Waals surface area contributed by atoms with E-state index in [1.807, 2.05) is 24.3 Å². The van der Waals surface area contributed by atoms with Gasteiger partial charge in [-0.25, -0.2) is 0 Å². The Morgan fingerprint density at radius 3 is 2.57 bits per heavy atom. The number of hydrogen-bond acceptors (Lipinski definition) is 4. The Balaban J connectivity index is 1.49. The molecule has 1 aromatic carbocycles. The van der Waals surface area contributed by atoms with E-state index < -0.39 is 0 Å². The van der Waals surface area contributed by atoms with Crippen LogP contribution in [0.15, 0.2) is 24.3 Å². The molecule has 0 atom stereocenters. The zero-order valence-corrected chi connectivity index (χ0v) is 13.6. The van der Waals surface area contributed by atoms with Gasteiger partial charge in [-0.1, -0.05) is 12.1 Å². The van der Waals surface area contributed by atoms with Crippen LogP contribution < -0.4 is 10.2 Å². The normalized spacial score (nSPS) is 17.9. The lowest BCUT2D eigenvalue weighted by atomic mass is 10.2. The summed E-state index contributed by atoms with van der Waals surface area (Å²) >= 11 is 1.52. The minimum absolute atomic E-state index is 0.0183. The van der Waals surface area contributed by atoms with Gasteiger partial charge in [-0.05, 0) is 24.1 Å². The predicted molar refractivity (Wildman–Crippen MR) is 88.9 cm³/mol. The third kappa shape index (κ3) is 3.85. The molecule has 0 radical (unpaired) electrons. The summed E-state index contributed by atoms with van der Waals surface area (Å²) < 4.78 is 0. The van der Waals surface area contributed by atoms with Crippen molar-refractivity contribution in [2.45, 2.75) is 19.4 Å². The van der Waals surface area contributed by atoms with Crippen molar-refractivity contribution in [1.29, 1.82) is 0 Å². The molecule has 2 saturated heterocycles. The molecule has 0 unspecified atom stereocenters. The van der Waals surface area contributed by atoms with Crippen molar-refractivity contribution in [3.8, 4) is 0 Å². The average Bonchev–Trinajstić information content (AvgIpc) is 3.15. The SMILES string of the molecule is O=C(CN1CSCC1=O)NCc1ccc(N2CCCC2=O)cc1. The predicted octanol–water partition coefficient (Wildman–Crippen LogP) is 0.962. The Hall–Kier alpha value is -2.02. The Bertz CT molecular complexity index is 618. The summed E-state index contributed by atoms with van der Waals surface area (Å²) in [7, 11) is 0. The Labute approximate surface area is 139 Å². The Morgan fingerprint density at radius 2 is 1.96 bits per heavy atom. The van der Waals surface area contributed by atoms with E-state index in [-0.39, 0.29) is 24.3 Å². The third-order valence-corrected chi connectivity index (χ3v) is 4.92. The lowest BCUT2D eigenvalue weighted by molar-refractivity contribution is -0.132. The number of carbonyl (C=O) groups is 3. The van der Waals surface area contributed by atoms with Gasteiger partial charge in [0, 0.05) is 25.2 Å². The molecule has 1 aromatic rings. The van der Waals surface area contributed by atoms with E-state index in [0.717, 1.165) is 24.2 Å². The molecule has 1 N–H and O–H groups in total. The maximum Gasteiger partial charge on any atom is 0.239 e. The molecule has 122 valence electrons. The largest absolute Gasteiger partial charge is 0.350 e. The zero-order valence-electron chi connectivity index (χ0n) is 12.8. The summed E-state index contributed by atoms with van der Waals surface area (Å²) in [5, 5.41) is 2.82. The van der Waals surface area contributed by atoms with Gasteiger partial charge in [0.2, 0.25) is 17.7 Å². The number of benzene rings is 1. The maximum absolute atomic E-state index is 11.9. The van der Waals surface area contributed by atoms with Crippen LogP contribution in [-0.4, -0.2) is 47.3 Å². The summed E-state index contributed by atoms with van der Waals surface area (Å²) in [6, 6.07) is 7.65. The van der Waals surface area contributed by atoms with E-state index in [1.54, 1.807) is 9.80 Å². The minimum atomic E-state index is -0.153. The highest BCUT2D eigenvalue weighted by molar-refractivity contribution is 8.00. The van der Waals surface area contributed by atoms with E-state index >= 15 is 0 Å². The van der Waals surface area contributed by atoms with Crippen molar-refractivity contribution in [2.75, 3.05) is 29.6 Å². The molecule has 3 rings (SSSR count). The lowest BCUT2D eigenvalue weighted by Gasteiger charge is -2.16. The summed E-state index contributed by atoms with van der Waals surface area (Å²) in [6.07, 6.45) is 1.52.